The quantitative estimate of drug-likeness (QED) is 0.877. The first kappa shape index (κ1) is 15.3. The molecule has 0 saturated carbocycles. The van der Waals surface area contributed by atoms with Gasteiger partial charge in [0, 0.05) is 6.54 Å². The first-order valence-electron chi connectivity index (χ1n) is 6.76. The molecule has 1 amide bonds. The smallest absolute Gasteiger partial charge is 0.326 e. The SMILES string of the molecule is CC1(C)CCCN(C(=O)c2cc(F)ccc2O)C1C(=O)O. The third-order valence-corrected chi connectivity index (χ3v) is 3.96. The molecule has 1 saturated heterocycles. The van der Waals surface area contributed by atoms with Crippen molar-refractivity contribution in [3.8, 4) is 5.75 Å². The maximum atomic E-state index is 13.3. The van der Waals surface area contributed by atoms with Crippen LogP contribution in [0.5, 0.6) is 5.75 Å². The minimum atomic E-state index is -1.09. The highest BCUT2D eigenvalue weighted by atomic mass is 19.1. The molecule has 2 rings (SSSR count). The number of hydrogen-bond donors (Lipinski definition) is 2. The molecule has 5 nitrogen and oxygen atoms in total. The van der Waals surface area contributed by atoms with E-state index in [9.17, 15) is 24.2 Å². The van der Waals surface area contributed by atoms with Gasteiger partial charge in [-0.2, -0.15) is 0 Å². The van der Waals surface area contributed by atoms with E-state index in [0.29, 0.717) is 12.8 Å². The van der Waals surface area contributed by atoms with Gasteiger partial charge >= 0.3 is 5.97 Å². The molecule has 0 bridgehead atoms. The van der Waals surface area contributed by atoms with E-state index >= 15 is 0 Å². The van der Waals surface area contributed by atoms with Crippen LogP contribution in [0.3, 0.4) is 0 Å². The Kier molecular flexibility index (Phi) is 3.89. The molecule has 1 aliphatic rings. The average molecular weight is 295 g/mol. The number of carbonyl (C=O) groups is 2. The number of hydrogen-bond acceptors (Lipinski definition) is 3. The number of aliphatic carboxylic acids is 1. The molecule has 21 heavy (non-hydrogen) atoms. The average Bonchev–Trinajstić information content (AvgIpc) is 2.38. The summed E-state index contributed by atoms with van der Waals surface area (Å²) in [6.45, 7) is 3.85. The zero-order valence-electron chi connectivity index (χ0n) is 12.0. The number of phenols is 1. The van der Waals surface area contributed by atoms with Crippen LogP contribution >= 0.6 is 0 Å². The van der Waals surface area contributed by atoms with Gasteiger partial charge in [-0.15, -0.1) is 0 Å². The van der Waals surface area contributed by atoms with Crippen LogP contribution in [0.1, 0.15) is 37.0 Å². The summed E-state index contributed by atoms with van der Waals surface area (Å²) in [6.07, 6.45) is 1.35. The summed E-state index contributed by atoms with van der Waals surface area (Å²) in [4.78, 5) is 25.3. The monoisotopic (exact) mass is 295 g/mol. The van der Waals surface area contributed by atoms with Gasteiger partial charge in [-0.25, -0.2) is 9.18 Å². The Hall–Kier alpha value is -2.11. The van der Waals surface area contributed by atoms with Gasteiger partial charge in [0.05, 0.1) is 5.56 Å². The van der Waals surface area contributed by atoms with Crippen LogP contribution < -0.4 is 0 Å². The van der Waals surface area contributed by atoms with Gasteiger partial charge in [-0.1, -0.05) is 13.8 Å². The zero-order valence-corrected chi connectivity index (χ0v) is 12.0. The topological polar surface area (TPSA) is 77.8 Å². The van der Waals surface area contributed by atoms with Crippen molar-refractivity contribution >= 4 is 11.9 Å². The van der Waals surface area contributed by atoms with Crippen molar-refractivity contribution in [3.05, 3.63) is 29.6 Å². The van der Waals surface area contributed by atoms with E-state index in [1.54, 1.807) is 13.8 Å². The highest BCUT2D eigenvalue weighted by Crippen LogP contribution is 2.36. The number of halogens is 1. The lowest BCUT2D eigenvalue weighted by molar-refractivity contribution is -0.148. The molecule has 2 N–H and O–H groups in total. The Labute approximate surface area is 122 Å². The van der Waals surface area contributed by atoms with Crippen LogP contribution in [0.4, 0.5) is 4.39 Å². The lowest BCUT2D eigenvalue weighted by Crippen LogP contribution is -2.56. The fourth-order valence-corrected chi connectivity index (χ4v) is 2.91. The van der Waals surface area contributed by atoms with Crippen molar-refractivity contribution in [2.45, 2.75) is 32.7 Å². The first-order valence-corrected chi connectivity index (χ1v) is 6.76. The first-order chi connectivity index (χ1) is 9.74. The Morgan fingerprint density at radius 3 is 2.67 bits per heavy atom. The van der Waals surface area contributed by atoms with Gasteiger partial charge in [0.1, 0.15) is 17.6 Å². The van der Waals surface area contributed by atoms with Crippen LogP contribution in [0.15, 0.2) is 18.2 Å². The van der Waals surface area contributed by atoms with Crippen LogP contribution in [0.2, 0.25) is 0 Å². The second-order valence-electron chi connectivity index (χ2n) is 5.99. The normalized spacial score (nSPS) is 21.1. The van der Waals surface area contributed by atoms with Gasteiger partial charge < -0.3 is 15.1 Å². The van der Waals surface area contributed by atoms with Crippen LogP contribution in [-0.2, 0) is 4.79 Å². The predicted molar refractivity (Wildman–Crippen MR) is 73.5 cm³/mol. The minimum Gasteiger partial charge on any atom is -0.507 e. The van der Waals surface area contributed by atoms with E-state index in [1.165, 1.54) is 4.90 Å². The number of aromatic hydroxyl groups is 1. The van der Waals surface area contributed by atoms with Crippen LogP contribution in [-0.4, -0.2) is 39.6 Å². The number of likely N-dealkylation sites (tertiary alicyclic amines) is 1. The van der Waals surface area contributed by atoms with E-state index in [0.717, 1.165) is 18.2 Å². The van der Waals surface area contributed by atoms with Crippen molar-refractivity contribution < 1.29 is 24.2 Å². The Bertz CT molecular complexity index is 585. The van der Waals surface area contributed by atoms with Gasteiger partial charge in [0.2, 0.25) is 0 Å². The highest BCUT2D eigenvalue weighted by molar-refractivity contribution is 5.99. The summed E-state index contributed by atoms with van der Waals surface area (Å²) in [5.74, 6) is -2.76. The number of benzene rings is 1. The predicted octanol–water partition coefficient (Wildman–Crippen LogP) is 2.25. The second-order valence-corrected chi connectivity index (χ2v) is 5.99. The van der Waals surface area contributed by atoms with Crippen LogP contribution in [0, 0.1) is 11.2 Å². The second kappa shape index (κ2) is 5.35. The Balaban J connectivity index is 2.41. The molecule has 0 radical (unpaired) electrons. The highest BCUT2D eigenvalue weighted by Gasteiger charge is 2.45. The summed E-state index contributed by atoms with van der Waals surface area (Å²) in [5, 5.41) is 19.2. The number of carboxylic acids is 1. The standard InChI is InChI=1S/C15H18FNO4/c1-15(2)6-3-7-17(12(15)14(20)21)13(19)10-8-9(16)4-5-11(10)18/h4-5,8,12,18H,3,6-7H2,1-2H3,(H,20,21). The lowest BCUT2D eigenvalue weighted by atomic mass is 9.76. The van der Waals surface area contributed by atoms with E-state index in [2.05, 4.69) is 0 Å². The third kappa shape index (κ3) is 2.84. The molecule has 1 atom stereocenters. The maximum Gasteiger partial charge on any atom is 0.326 e. The largest absolute Gasteiger partial charge is 0.507 e. The van der Waals surface area contributed by atoms with E-state index in [1.807, 2.05) is 0 Å². The zero-order chi connectivity index (χ0) is 15.8. The van der Waals surface area contributed by atoms with Crippen LogP contribution in [0.25, 0.3) is 0 Å². The summed E-state index contributed by atoms with van der Waals surface area (Å²) in [6, 6.07) is 2.06. The molecule has 1 aromatic carbocycles. The molecule has 1 fully saturated rings. The Morgan fingerprint density at radius 2 is 2.05 bits per heavy atom. The fourth-order valence-electron chi connectivity index (χ4n) is 2.91. The fraction of sp³-hybridized carbons (Fsp3) is 0.467. The number of nitrogens with zero attached hydrogens (tertiary/aromatic N) is 1. The van der Waals surface area contributed by atoms with E-state index in [-0.39, 0.29) is 17.9 Å². The van der Waals surface area contributed by atoms with Gasteiger partial charge in [0.25, 0.3) is 5.91 Å². The van der Waals surface area contributed by atoms with Gasteiger partial charge in [-0.05, 0) is 36.5 Å². The molecule has 0 spiro atoms. The van der Waals surface area contributed by atoms with Gasteiger partial charge in [0.15, 0.2) is 0 Å². The van der Waals surface area contributed by atoms with Crippen molar-refractivity contribution in [1.29, 1.82) is 0 Å². The summed E-state index contributed by atoms with van der Waals surface area (Å²) < 4.78 is 13.3. The number of phenolic OH excluding ortho intramolecular Hbond substituents is 1. The molecule has 1 aliphatic heterocycles. The molecule has 6 heteroatoms. The molecule has 0 aliphatic carbocycles. The summed E-state index contributed by atoms with van der Waals surface area (Å²) >= 11 is 0. The Morgan fingerprint density at radius 1 is 1.38 bits per heavy atom. The van der Waals surface area contributed by atoms with Crippen molar-refractivity contribution in [2.75, 3.05) is 6.54 Å². The lowest BCUT2D eigenvalue weighted by Gasteiger charge is -2.44. The molecule has 1 heterocycles. The van der Waals surface area contributed by atoms with E-state index < -0.39 is 29.2 Å². The third-order valence-electron chi connectivity index (χ3n) is 3.96. The van der Waals surface area contributed by atoms with Crippen molar-refractivity contribution in [1.82, 2.24) is 4.90 Å². The number of rotatable bonds is 2. The summed E-state index contributed by atoms with van der Waals surface area (Å²) in [5.41, 5.74) is -0.790. The molecule has 1 aromatic rings. The molecule has 0 aromatic heterocycles. The number of piperidine rings is 1. The molecular weight excluding hydrogens is 277 g/mol. The number of carbonyl (C=O) groups excluding carboxylic acids is 1. The molecule has 114 valence electrons. The van der Waals surface area contributed by atoms with Crippen molar-refractivity contribution in [2.24, 2.45) is 5.41 Å². The van der Waals surface area contributed by atoms with Crippen molar-refractivity contribution in [3.63, 3.8) is 0 Å². The minimum absolute atomic E-state index is 0.209. The maximum absolute atomic E-state index is 13.3. The molecular formula is C15H18FNO4. The molecule has 1 unspecified atom stereocenters. The number of amides is 1. The van der Waals surface area contributed by atoms with Gasteiger partial charge in [-0.3, -0.25) is 4.79 Å². The summed E-state index contributed by atoms with van der Waals surface area (Å²) in [7, 11) is 0. The van der Waals surface area contributed by atoms with E-state index in [4.69, 9.17) is 0 Å². The number of carboxylic acid groups (broad SMARTS) is 1.